The smallest absolute Gasteiger partial charge is 0.251 e. The minimum Gasteiger partial charge on any atom is -0.348 e. The lowest BCUT2D eigenvalue weighted by Crippen LogP contribution is -2.22. The zero-order valence-electron chi connectivity index (χ0n) is 15.2. The molecule has 0 bridgehead atoms. The van der Waals surface area contributed by atoms with Crippen LogP contribution in [0.2, 0.25) is 0 Å². The van der Waals surface area contributed by atoms with Crippen LogP contribution in [-0.4, -0.2) is 10.5 Å². The molecule has 3 aromatic rings. The molecule has 0 radical (unpaired) electrons. The molecule has 0 unspecified atom stereocenters. The number of rotatable bonds is 4. The number of nitrogens with one attached hydrogen (secondary N) is 1. The van der Waals surface area contributed by atoms with Crippen LogP contribution in [0, 0.1) is 6.92 Å². The molecular weight excluding hydrogens is 320 g/mol. The van der Waals surface area contributed by atoms with Crippen LogP contribution in [-0.2, 0) is 19.4 Å². The Morgan fingerprint density at radius 3 is 2.50 bits per heavy atom. The van der Waals surface area contributed by atoms with Gasteiger partial charge >= 0.3 is 0 Å². The van der Waals surface area contributed by atoms with Crippen molar-refractivity contribution < 1.29 is 4.79 Å². The third-order valence-corrected chi connectivity index (χ3v) is 5.17. The van der Waals surface area contributed by atoms with Crippen LogP contribution in [0.5, 0.6) is 0 Å². The summed E-state index contributed by atoms with van der Waals surface area (Å²) in [4.78, 5) is 12.4. The Morgan fingerprint density at radius 2 is 1.73 bits per heavy atom. The first kappa shape index (κ1) is 16.6. The first-order chi connectivity index (χ1) is 12.7. The van der Waals surface area contributed by atoms with Crippen molar-refractivity contribution >= 4 is 5.91 Å². The quantitative estimate of drug-likeness (QED) is 0.738. The molecule has 132 valence electrons. The van der Waals surface area contributed by atoms with E-state index in [2.05, 4.69) is 35.0 Å². The van der Waals surface area contributed by atoms with Crippen LogP contribution in [0.15, 0.2) is 60.7 Å². The van der Waals surface area contributed by atoms with Crippen LogP contribution < -0.4 is 5.32 Å². The Bertz CT molecular complexity index is 907. The molecule has 4 rings (SSSR count). The maximum atomic E-state index is 12.4. The summed E-state index contributed by atoms with van der Waals surface area (Å²) in [6, 6.07) is 20.2. The molecule has 0 saturated carbocycles. The van der Waals surface area contributed by atoms with Crippen LogP contribution in [0.3, 0.4) is 0 Å². The molecule has 26 heavy (non-hydrogen) atoms. The minimum atomic E-state index is -0.0355. The third kappa shape index (κ3) is 3.30. The highest BCUT2D eigenvalue weighted by atomic mass is 16.1. The van der Waals surface area contributed by atoms with Crippen molar-refractivity contribution in [3.63, 3.8) is 0 Å². The van der Waals surface area contributed by atoms with E-state index in [0.29, 0.717) is 12.1 Å². The van der Waals surface area contributed by atoms with Gasteiger partial charge in [-0.2, -0.15) is 0 Å². The lowest BCUT2D eigenvalue weighted by molar-refractivity contribution is 0.0951. The highest BCUT2D eigenvalue weighted by Gasteiger charge is 2.17. The van der Waals surface area contributed by atoms with Crippen molar-refractivity contribution in [1.29, 1.82) is 0 Å². The molecular formula is C23H24N2O. The van der Waals surface area contributed by atoms with Gasteiger partial charge < -0.3 is 9.88 Å². The number of amides is 1. The van der Waals surface area contributed by atoms with Crippen molar-refractivity contribution in [2.75, 3.05) is 0 Å². The van der Waals surface area contributed by atoms with Gasteiger partial charge in [0.25, 0.3) is 5.91 Å². The predicted octanol–water partition coefficient (Wildman–Crippen LogP) is 4.59. The van der Waals surface area contributed by atoms with E-state index in [-0.39, 0.29) is 5.91 Å². The second kappa shape index (κ2) is 7.20. The van der Waals surface area contributed by atoms with Gasteiger partial charge in [0.1, 0.15) is 0 Å². The topological polar surface area (TPSA) is 34.0 Å². The van der Waals surface area contributed by atoms with E-state index in [0.717, 1.165) is 17.7 Å². The fourth-order valence-electron chi connectivity index (χ4n) is 3.85. The van der Waals surface area contributed by atoms with Gasteiger partial charge in [-0.15, -0.1) is 0 Å². The van der Waals surface area contributed by atoms with Gasteiger partial charge in [0.15, 0.2) is 0 Å². The molecule has 3 nitrogen and oxygen atoms in total. The van der Waals surface area contributed by atoms with Crippen molar-refractivity contribution in [3.8, 4) is 5.69 Å². The summed E-state index contributed by atoms with van der Waals surface area (Å²) in [5, 5.41) is 2.99. The molecule has 1 N–H and O–H groups in total. The molecule has 1 aliphatic carbocycles. The number of hydrogen-bond acceptors (Lipinski definition) is 1. The summed E-state index contributed by atoms with van der Waals surface area (Å²) >= 11 is 0. The SMILES string of the molecule is Cc1cc2c(n1-c1ccc(C(=O)NCc3ccccc3)cc1)CCCC2. The summed E-state index contributed by atoms with van der Waals surface area (Å²) < 4.78 is 2.35. The van der Waals surface area contributed by atoms with Crippen LogP contribution in [0.25, 0.3) is 5.69 Å². The Labute approximate surface area is 154 Å². The molecule has 0 atom stereocenters. The van der Waals surface area contributed by atoms with Crippen molar-refractivity contribution in [2.24, 2.45) is 0 Å². The van der Waals surface area contributed by atoms with Gasteiger partial charge in [-0.05, 0) is 74.1 Å². The fraction of sp³-hybridized carbons (Fsp3) is 0.261. The second-order valence-electron chi connectivity index (χ2n) is 7.02. The molecule has 1 aliphatic rings. The van der Waals surface area contributed by atoms with E-state index in [4.69, 9.17) is 0 Å². The van der Waals surface area contributed by atoms with Crippen molar-refractivity contribution in [3.05, 3.63) is 88.7 Å². The normalized spacial score (nSPS) is 13.3. The maximum absolute atomic E-state index is 12.4. The van der Waals surface area contributed by atoms with Gasteiger partial charge in [0.2, 0.25) is 0 Å². The van der Waals surface area contributed by atoms with E-state index >= 15 is 0 Å². The summed E-state index contributed by atoms with van der Waals surface area (Å²) in [7, 11) is 0. The number of carbonyl (C=O) groups excluding carboxylic acids is 1. The van der Waals surface area contributed by atoms with Gasteiger partial charge in [-0.3, -0.25) is 4.79 Å². The largest absolute Gasteiger partial charge is 0.348 e. The Morgan fingerprint density at radius 1 is 1.00 bits per heavy atom. The van der Waals surface area contributed by atoms with Gasteiger partial charge in [0.05, 0.1) is 0 Å². The first-order valence-corrected chi connectivity index (χ1v) is 9.35. The third-order valence-electron chi connectivity index (χ3n) is 5.17. The standard InChI is InChI=1S/C23H24N2O/c1-17-15-20-9-5-6-10-22(20)25(17)21-13-11-19(12-14-21)23(26)24-16-18-7-3-2-4-8-18/h2-4,7-8,11-15H,5-6,9-10,16H2,1H3,(H,24,26). The Balaban J connectivity index is 1.50. The lowest BCUT2D eigenvalue weighted by Gasteiger charge is -2.17. The van der Waals surface area contributed by atoms with Gasteiger partial charge in [0, 0.05) is 29.2 Å². The summed E-state index contributed by atoms with van der Waals surface area (Å²) in [6.07, 6.45) is 4.87. The summed E-state index contributed by atoms with van der Waals surface area (Å²) in [6.45, 7) is 2.71. The van der Waals surface area contributed by atoms with E-state index < -0.39 is 0 Å². The average Bonchev–Trinajstić information content (AvgIpc) is 3.03. The number of aromatic nitrogens is 1. The van der Waals surface area contributed by atoms with Crippen LogP contribution in [0.1, 0.15) is 45.7 Å². The Hall–Kier alpha value is -2.81. The number of nitrogens with zero attached hydrogens (tertiary/aromatic N) is 1. The second-order valence-corrected chi connectivity index (χ2v) is 7.02. The molecule has 1 amide bonds. The van der Waals surface area contributed by atoms with Gasteiger partial charge in [-0.25, -0.2) is 0 Å². The van der Waals surface area contributed by atoms with E-state index in [9.17, 15) is 4.79 Å². The molecule has 1 aromatic heterocycles. The van der Waals surface area contributed by atoms with Crippen molar-refractivity contribution in [1.82, 2.24) is 9.88 Å². The fourth-order valence-corrected chi connectivity index (χ4v) is 3.85. The number of fused-ring (bicyclic) bond motifs is 1. The summed E-state index contributed by atoms with van der Waals surface area (Å²) in [5.74, 6) is -0.0355. The number of benzene rings is 2. The van der Waals surface area contributed by atoms with Gasteiger partial charge in [-0.1, -0.05) is 30.3 Å². The first-order valence-electron chi connectivity index (χ1n) is 9.35. The van der Waals surface area contributed by atoms with E-state index in [1.165, 1.54) is 36.2 Å². The number of carbonyl (C=O) groups is 1. The average molecular weight is 344 g/mol. The number of aryl methyl sites for hydroxylation is 2. The molecule has 0 fully saturated rings. The summed E-state index contributed by atoms with van der Waals surface area (Å²) in [5.41, 5.74) is 7.15. The molecule has 0 saturated heterocycles. The highest BCUT2D eigenvalue weighted by molar-refractivity contribution is 5.94. The van der Waals surface area contributed by atoms with Crippen LogP contribution >= 0.6 is 0 Å². The van der Waals surface area contributed by atoms with E-state index in [1.54, 1.807) is 0 Å². The van der Waals surface area contributed by atoms with E-state index in [1.807, 2.05) is 42.5 Å². The maximum Gasteiger partial charge on any atom is 0.251 e. The lowest BCUT2D eigenvalue weighted by atomic mass is 9.98. The van der Waals surface area contributed by atoms with Crippen LogP contribution in [0.4, 0.5) is 0 Å². The molecule has 0 spiro atoms. The zero-order valence-corrected chi connectivity index (χ0v) is 15.2. The highest BCUT2D eigenvalue weighted by Crippen LogP contribution is 2.28. The molecule has 1 heterocycles. The zero-order chi connectivity index (χ0) is 17.9. The Kier molecular flexibility index (Phi) is 4.61. The molecule has 2 aromatic carbocycles. The van der Waals surface area contributed by atoms with Crippen molar-refractivity contribution in [2.45, 2.75) is 39.2 Å². The molecule has 3 heteroatoms. The minimum absolute atomic E-state index is 0.0355. The number of hydrogen-bond donors (Lipinski definition) is 1. The predicted molar refractivity (Wildman–Crippen MR) is 105 cm³/mol. The molecule has 0 aliphatic heterocycles. The monoisotopic (exact) mass is 344 g/mol.